The molecule has 13 heavy (non-hydrogen) atoms. The van der Waals surface area contributed by atoms with Crippen molar-refractivity contribution in [2.24, 2.45) is 5.73 Å². The predicted octanol–water partition coefficient (Wildman–Crippen LogP) is 1.67. The van der Waals surface area contributed by atoms with Crippen LogP contribution < -0.4 is 5.73 Å². The number of hydrogen-bond donors (Lipinski definition) is 3. The Morgan fingerprint density at radius 1 is 1.46 bits per heavy atom. The van der Waals surface area contributed by atoms with E-state index >= 15 is 0 Å². The van der Waals surface area contributed by atoms with Crippen molar-refractivity contribution in [3.8, 4) is 11.5 Å². The molecule has 0 aromatic heterocycles. The number of nitrogens with two attached hydrogens (primary N) is 1. The van der Waals surface area contributed by atoms with Crippen LogP contribution in [0.1, 0.15) is 11.1 Å². The van der Waals surface area contributed by atoms with Gasteiger partial charge in [-0.25, -0.2) is 0 Å². The van der Waals surface area contributed by atoms with E-state index in [1.807, 2.05) is 6.92 Å². The molecule has 0 heterocycles. The highest BCUT2D eigenvalue weighted by atomic mass is 79.9. The lowest BCUT2D eigenvalue weighted by atomic mass is 10.0. The van der Waals surface area contributed by atoms with Crippen molar-refractivity contribution in [2.75, 3.05) is 6.54 Å². The molecule has 1 rings (SSSR count). The summed E-state index contributed by atoms with van der Waals surface area (Å²) in [6, 6.07) is 1.53. The molecule has 3 nitrogen and oxygen atoms in total. The van der Waals surface area contributed by atoms with Gasteiger partial charge in [-0.05, 0) is 53.0 Å². The molecule has 0 spiro atoms. The molecule has 0 saturated heterocycles. The molecule has 0 saturated carbocycles. The summed E-state index contributed by atoms with van der Waals surface area (Å²) in [5.74, 6) is -0.223. The average molecular weight is 246 g/mol. The van der Waals surface area contributed by atoms with E-state index in [9.17, 15) is 10.2 Å². The Balaban J connectivity index is 3.26. The van der Waals surface area contributed by atoms with Crippen molar-refractivity contribution in [3.05, 3.63) is 21.7 Å². The van der Waals surface area contributed by atoms with Crippen molar-refractivity contribution in [3.63, 3.8) is 0 Å². The van der Waals surface area contributed by atoms with Gasteiger partial charge < -0.3 is 15.9 Å². The minimum Gasteiger partial charge on any atom is -0.504 e. The molecule has 1 aromatic rings. The van der Waals surface area contributed by atoms with Gasteiger partial charge in [-0.3, -0.25) is 0 Å². The SMILES string of the molecule is Cc1cc(O)c(O)c(Br)c1CCN. The zero-order valence-electron chi connectivity index (χ0n) is 7.34. The van der Waals surface area contributed by atoms with Gasteiger partial charge in [-0.2, -0.15) is 0 Å². The summed E-state index contributed by atoms with van der Waals surface area (Å²) in [6.45, 7) is 2.39. The second kappa shape index (κ2) is 3.98. The Hall–Kier alpha value is -0.740. The number of rotatable bonds is 2. The molecule has 0 aliphatic carbocycles. The first-order valence-corrected chi connectivity index (χ1v) is 4.77. The van der Waals surface area contributed by atoms with E-state index in [1.165, 1.54) is 6.07 Å². The quantitative estimate of drug-likeness (QED) is 0.695. The van der Waals surface area contributed by atoms with Crippen LogP contribution in [-0.4, -0.2) is 16.8 Å². The maximum atomic E-state index is 9.40. The molecule has 72 valence electrons. The first-order chi connectivity index (χ1) is 6.07. The van der Waals surface area contributed by atoms with E-state index in [-0.39, 0.29) is 11.5 Å². The third-order valence-electron chi connectivity index (χ3n) is 1.94. The number of aromatic hydroxyl groups is 2. The van der Waals surface area contributed by atoms with Crippen LogP contribution in [0.25, 0.3) is 0 Å². The average Bonchev–Trinajstić information content (AvgIpc) is 2.09. The predicted molar refractivity (Wildman–Crippen MR) is 55.0 cm³/mol. The lowest BCUT2D eigenvalue weighted by molar-refractivity contribution is 0.400. The van der Waals surface area contributed by atoms with Gasteiger partial charge in [0.25, 0.3) is 0 Å². The van der Waals surface area contributed by atoms with Gasteiger partial charge in [0.2, 0.25) is 0 Å². The number of phenols is 2. The topological polar surface area (TPSA) is 66.5 Å². The van der Waals surface area contributed by atoms with E-state index in [2.05, 4.69) is 15.9 Å². The third-order valence-corrected chi connectivity index (χ3v) is 2.79. The van der Waals surface area contributed by atoms with E-state index < -0.39 is 0 Å². The molecule has 0 aliphatic heterocycles. The summed E-state index contributed by atoms with van der Waals surface area (Å²) >= 11 is 3.22. The number of aryl methyl sites for hydroxylation is 1. The van der Waals surface area contributed by atoms with Crippen LogP contribution in [0.4, 0.5) is 0 Å². The van der Waals surface area contributed by atoms with Gasteiger partial charge >= 0.3 is 0 Å². The molecule has 0 aliphatic rings. The molecular formula is C9H12BrNO2. The molecule has 0 bridgehead atoms. The normalized spacial score (nSPS) is 10.4. The molecular weight excluding hydrogens is 234 g/mol. The Kier molecular flexibility index (Phi) is 3.17. The van der Waals surface area contributed by atoms with Crippen LogP contribution in [0, 0.1) is 6.92 Å². The summed E-state index contributed by atoms with van der Waals surface area (Å²) in [6.07, 6.45) is 0.681. The molecule has 0 amide bonds. The van der Waals surface area contributed by atoms with Crippen LogP contribution in [0.2, 0.25) is 0 Å². The van der Waals surface area contributed by atoms with Gasteiger partial charge in [0.1, 0.15) is 0 Å². The molecule has 4 heteroatoms. The van der Waals surface area contributed by atoms with Crippen LogP contribution in [0.15, 0.2) is 10.5 Å². The Bertz CT molecular complexity index is 326. The van der Waals surface area contributed by atoms with Gasteiger partial charge in [-0.15, -0.1) is 0 Å². The fourth-order valence-corrected chi connectivity index (χ4v) is 1.95. The standard InChI is InChI=1S/C9H12BrNO2/c1-5-4-7(12)9(13)8(10)6(5)2-3-11/h4,12-13H,2-3,11H2,1H3. The molecule has 0 unspecified atom stereocenters. The van der Waals surface area contributed by atoms with Crippen LogP contribution in [-0.2, 0) is 6.42 Å². The monoisotopic (exact) mass is 245 g/mol. The van der Waals surface area contributed by atoms with Gasteiger partial charge in [-0.1, -0.05) is 0 Å². The lowest BCUT2D eigenvalue weighted by Gasteiger charge is -2.10. The van der Waals surface area contributed by atoms with Crippen molar-refractivity contribution in [2.45, 2.75) is 13.3 Å². The molecule has 0 radical (unpaired) electrons. The second-order valence-electron chi connectivity index (χ2n) is 2.89. The smallest absolute Gasteiger partial charge is 0.172 e. The fraction of sp³-hybridized carbons (Fsp3) is 0.333. The number of halogens is 1. The van der Waals surface area contributed by atoms with Crippen molar-refractivity contribution < 1.29 is 10.2 Å². The fourth-order valence-electron chi connectivity index (χ4n) is 1.24. The van der Waals surface area contributed by atoms with E-state index in [0.29, 0.717) is 17.4 Å². The Labute approximate surface area is 85.3 Å². The molecule has 0 fully saturated rings. The maximum Gasteiger partial charge on any atom is 0.172 e. The Morgan fingerprint density at radius 3 is 2.62 bits per heavy atom. The van der Waals surface area contributed by atoms with Gasteiger partial charge in [0, 0.05) is 0 Å². The number of phenolic OH excluding ortho intramolecular Hbond substituents is 2. The van der Waals surface area contributed by atoms with Crippen molar-refractivity contribution in [1.82, 2.24) is 0 Å². The summed E-state index contributed by atoms with van der Waals surface area (Å²) in [5.41, 5.74) is 7.29. The zero-order valence-corrected chi connectivity index (χ0v) is 8.93. The third kappa shape index (κ3) is 1.95. The lowest BCUT2D eigenvalue weighted by Crippen LogP contribution is -2.04. The highest BCUT2D eigenvalue weighted by molar-refractivity contribution is 9.10. The zero-order chi connectivity index (χ0) is 10.0. The van der Waals surface area contributed by atoms with Crippen LogP contribution in [0.3, 0.4) is 0 Å². The second-order valence-corrected chi connectivity index (χ2v) is 3.69. The van der Waals surface area contributed by atoms with E-state index in [0.717, 1.165) is 11.1 Å². The maximum absolute atomic E-state index is 9.40. The molecule has 4 N–H and O–H groups in total. The summed E-state index contributed by atoms with van der Waals surface area (Å²) in [7, 11) is 0. The first-order valence-electron chi connectivity index (χ1n) is 3.98. The highest BCUT2D eigenvalue weighted by Gasteiger charge is 2.11. The molecule has 0 atom stereocenters. The minimum absolute atomic E-state index is 0.106. The summed E-state index contributed by atoms with van der Waals surface area (Å²) < 4.78 is 0.537. The summed E-state index contributed by atoms with van der Waals surface area (Å²) in [5, 5.41) is 18.7. The van der Waals surface area contributed by atoms with Crippen molar-refractivity contribution in [1.29, 1.82) is 0 Å². The van der Waals surface area contributed by atoms with Gasteiger partial charge in [0.05, 0.1) is 4.47 Å². The van der Waals surface area contributed by atoms with E-state index in [1.54, 1.807) is 0 Å². The molecule has 1 aromatic carbocycles. The van der Waals surface area contributed by atoms with Crippen LogP contribution in [0.5, 0.6) is 11.5 Å². The van der Waals surface area contributed by atoms with E-state index in [4.69, 9.17) is 5.73 Å². The number of benzene rings is 1. The summed E-state index contributed by atoms with van der Waals surface area (Å²) in [4.78, 5) is 0. The Morgan fingerprint density at radius 2 is 2.08 bits per heavy atom. The van der Waals surface area contributed by atoms with Gasteiger partial charge in [0.15, 0.2) is 11.5 Å². The van der Waals surface area contributed by atoms with Crippen molar-refractivity contribution >= 4 is 15.9 Å². The largest absolute Gasteiger partial charge is 0.504 e. The number of hydrogen-bond acceptors (Lipinski definition) is 3. The van der Waals surface area contributed by atoms with Crippen LogP contribution >= 0.6 is 15.9 Å². The first kappa shape index (κ1) is 10.3. The highest BCUT2D eigenvalue weighted by Crippen LogP contribution is 2.37. The minimum atomic E-state index is -0.117.